The Bertz CT molecular complexity index is 788. The number of rotatable bonds is 4. The Morgan fingerprint density at radius 3 is 2.43 bits per heavy atom. The molecule has 23 heavy (non-hydrogen) atoms. The molecule has 0 bridgehead atoms. The maximum atomic E-state index is 13.0. The number of carbonyl (C=O) groups is 1. The molecule has 4 heteroatoms. The van der Waals surface area contributed by atoms with Crippen molar-refractivity contribution in [1.82, 2.24) is 9.97 Å². The van der Waals surface area contributed by atoms with Gasteiger partial charge in [-0.1, -0.05) is 30.3 Å². The number of hydrogen-bond donors (Lipinski definition) is 0. The molecule has 0 atom stereocenters. The van der Waals surface area contributed by atoms with Gasteiger partial charge >= 0.3 is 0 Å². The van der Waals surface area contributed by atoms with Crippen molar-refractivity contribution in [1.29, 1.82) is 0 Å². The minimum absolute atomic E-state index is 0.0729. The maximum absolute atomic E-state index is 13.0. The first-order valence-electron chi connectivity index (χ1n) is 7.41. The Hall–Kier alpha value is -3.01. The summed E-state index contributed by atoms with van der Waals surface area (Å²) >= 11 is 0. The van der Waals surface area contributed by atoms with Gasteiger partial charge in [-0.05, 0) is 36.2 Å². The van der Waals surface area contributed by atoms with Crippen molar-refractivity contribution in [2.45, 2.75) is 13.5 Å². The van der Waals surface area contributed by atoms with Crippen LogP contribution in [0.5, 0.6) is 0 Å². The van der Waals surface area contributed by atoms with Gasteiger partial charge in [0.05, 0.1) is 12.1 Å². The van der Waals surface area contributed by atoms with E-state index >= 15 is 0 Å². The van der Waals surface area contributed by atoms with Crippen molar-refractivity contribution in [3.63, 3.8) is 0 Å². The van der Waals surface area contributed by atoms with Crippen LogP contribution >= 0.6 is 0 Å². The monoisotopic (exact) mass is 303 g/mol. The van der Waals surface area contributed by atoms with Crippen LogP contribution in [0.15, 0.2) is 73.3 Å². The lowest BCUT2D eigenvalue weighted by Crippen LogP contribution is -2.30. The van der Waals surface area contributed by atoms with Crippen LogP contribution in [0.1, 0.15) is 21.5 Å². The van der Waals surface area contributed by atoms with Gasteiger partial charge in [-0.2, -0.15) is 0 Å². The van der Waals surface area contributed by atoms with Crippen molar-refractivity contribution in [3.8, 4) is 0 Å². The van der Waals surface area contributed by atoms with E-state index in [0.717, 1.165) is 16.8 Å². The Morgan fingerprint density at radius 1 is 1.00 bits per heavy atom. The Balaban J connectivity index is 1.96. The van der Waals surface area contributed by atoms with Crippen LogP contribution in [0, 0.1) is 6.92 Å². The van der Waals surface area contributed by atoms with Crippen LogP contribution in [0.4, 0.5) is 5.69 Å². The molecule has 0 fully saturated rings. The van der Waals surface area contributed by atoms with E-state index in [1.165, 1.54) is 0 Å². The molecule has 2 heterocycles. The summed E-state index contributed by atoms with van der Waals surface area (Å²) in [6.45, 7) is 2.43. The predicted octanol–water partition coefficient (Wildman–Crippen LogP) is 3.63. The topological polar surface area (TPSA) is 46.1 Å². The molecule has 0 aliphatic rings. The van der Waals surface area contributed by atoms with Gasteiger partial charge in [0, 0.05) is 30.5 Å². The van der Waals surface area contributed by atoms with E-state index in [1.807, 2.05) is 55.5 Å². The third kappa shape index (κ3) is 3.61. The number of aryl methyl sites for hydroxylation is 1. The number of benzene rings is 1. The minimum atomic E-state index is -0.0729. The summed E-state index contributed by atoms with van der Waals surface area (Å²) in [5, 5.41) is 0. The van der Waals surface area contributed by atoms with Crippen LogP contribution in [0.2, 0.25) is 0 Å². The summed E-state index contributed by atoms with van der Waals surface area (Å²) in [5.74, 6) is -0.0729. The molecule has 1 aromatic carbocycles. The normalized spacial score (nSPS) is 10.3. The summed E-state index contributed by atoms with van der Waals surface area (Å²) in [6, 6.07) is 15.5. The Morgan fingerprint density at radius 2 is 1.74 bits per heavy atom. The van der Waals surface area contributed by atoms with Crippen LogP contribution in [0.25, 0.3) is 0 Å². The number of pyridine rings is 2. The highest BCUT2D eigenvalue weighted by Crippen LogP contribution is 2.19. The highest BCUT2D eigenvalue weighted by Gasteiger charge is 2.18. The molecule has 1 amide bonds. The zero-order valence-corrected chi connectivity index (χ0v) is 12.9. The van der Waals surface area contributed by atoms with Gasteiger partial charge < -0.3 is 4.90 Å². The quantitative estimate of drug-likeness (QED) is 0.739. The van der Waals surface area contributed by atoms with Crippen LogP contribution in [0.3, 0.4) is 0 Å². The molecule has 114 valence electrons. The maximum Gasteiger partial charge on any atom is 0.260 e. The summed E-state index contributed by atoms with van der Waals surface area (Å²) in [4.78, 5) is 22.9. The third-order valence-corrected chi connectivity index (χ3v) is 3.52. The smallest absolute Gasteiger partial charge is 0.260 e. The van der Waals surface area contributed by atoms with Crippen molar-refractivity contribution in [3.05, 3.63) is 90.0 Å². The average Bonchev–Trinajstić information content (AvgIpc) is 2.61. The van der Waals surface area contributed by atoms with E-state index in [2.05, 4.69) is 9.97 Å². The van der Waals surface area contributed by atoms with Crippen molar-refractivity contribution >= 4 is 11.6 Å². The van der Waals surface area contributed by atoms with Crippen molar-refractivity contribution < 1.29 is 4.79 Å². The molecule has 0 aliphatic heterocycles. The molecule has 0 aliphatic carbocycles. The molecule has 0 radical (unpaired) electrons. The summed E-state index contributed by atoms with van der Waals surface area (Å²) in [6.07, 6.45) is 6.73. The fraction of sp³-hybridized carbons (Fsp3) is 0.105. The van der Waals surface area contributed by atoms with Gasteiger partial charge in [0.1, 0.15) is 0 Å². The van der Waals surface area contributed by atoms with E-state index in [-0.39, 0.29) is 5.91 Å². The number of nitrogens with zero attached hydrogens (tertiary/aromatic N) is 3. The molecule has 3 aromatic rings. The van der Waals surface area contributed by atoms with E-state index in [1.54, 1.807) is 29.7 Å². The Labute approximate surface area is 135 Å². The van der Waals surface area contributed by atoms with Gasteiger partial charge in [-0.25, -0.2) is 0 Å². The second-order valence-corrected chi connectivity index (χ2v) is 5.33. The first-order chi connectivity index (χ1) is 11.2. The van der Waals surface area contributed by atoms with Crippen LogP contribution < -0.4 is 4.90 Å². The molecule has 0 N–H and O–H groups in total. The van der Waals surface area contributed by atoms with E-state index in [4.69, 9.17) is 0 Å². The van der Waals surface area contributed by atoms with Gasteiger partial charge in [0.2, 0.25) is 0 Å². The number of anilines is 1. The van der Waals surface area contributed by atoms with Crippen molar-refractivity contribution in [2.24, 2.45) is 0 Å². The zero-order valence-electron chi connectivity index (χ0n) is 12.9. The summed E-state index contributed by atoms with van der Waals surface area (Å²) < 4.78 is 0. The van der Waals surface area contributed by atoms with Crippen molar-refractivity contribution in [2.75, 3.05) is 4.90 Å². The second kappa shape index (κ2) is 6.83. The largest absolute Gasteiger partial charge is 0.304 e. The van der Waals surface area contributed by atoms with Crippen LogP contribution in [-0.4, -0.2) is 15.9 Å². The zero-order chi connectivity index (χ0) is 16.1. The standard InChI is InChI=1S/C19H17N3O/c1-15-11-17(13-21-12-15)19(23)22(18-7-9-20-10-8-18)14-16-5-3-2-4-6-16/h2-13H,14H2,1H3. The predicted molar refractivity (Wildman–Crippen MR) is 90.2 cm³/mol. The molecule has 0 spiro atoms. The third-order valence-electron chi connectivity index (χ3n) is 3.52. The van der Waals surface area contributed by atoms with Gasteiger partial charge in [0.15, 0.2) is 0 Å². The fourth-order valence-electron chi connectivity index (χ4n) is 2.40. The number of aromatic nitrogens is 2. The van der Waals surface area contributed by atoms with E-state index in [0.29, 0.717) is 12.1 Å². The SMILES string of the molecule is Cc1cncc(C(=O)N(Cc2ccccc2)c2ccncc2)c1. The highest BCUT2D eigenvalue weighted by molar-refractivity contribution is 6.05. The molecule has 0 saturated heterocycles. The van der Waals surface area contributed by atoms with E-state index < -0.39 is 0 Å². The summed E-state index contributed by atoms with van der Waals surface area (Å²) in [7, 11) is 0. The molecular weight excluding hydrogens is 286 g/mol. The van der Waals surface area contributed by atoms with Gasteiger partial charge in [0.25, 0.3) is 5.91 Å². The van der Waals surface area contributed by atoms with Gasteiger partial charge in [-0.15, -0.1) is 0 Å². The Kier molecular flexibility index (Phi) is 4.43. The number of hydrogen-bond acceptors (Lipinski definition) is 3. The molecule has 4 nitrogen and oxygen atoms in total. The molecule has 0 unspecified atom stereocenters. The highest BCUT2D eigenvalue weighted by atomic mass is 16.2. The minimum Gasteiger partial charge on any atom is -0.304 e. The van der Waals surface area contributed by atoms with E-state index in [9.17, 15) is 4.79 Å². The van der Waals surface area contributed by atoms with Crippen LogP contribution in [-0.2, 0) is 6.54 Å². The lowest BCUT2D eigenvalue weighted by atomic mass is 10.1. The molecule has 2 aromatic heterocycles. The second-order valence-electron chi connectivity index (χ2n) is 5.33. The summed E-state index contributed by atoms with van der Waals surface area (Å²) in [5.41, 5.74) is 3.43. The molecular formula is C19H17N3O. The first-order valence-corrected chi connectivity index (χ1v) is 7.41. The number of amides is 1. The fourth-order valence-corrected chi connectivity index (χ4v) is 2.40. The van der Waals surface area contributed by atoms with Gasteiger partial charge in [-0.3, -0.25) is 14.8 Å². The lowest BCUT2D eigenvalue weighted by Gasteiger charge is -2.23. The molecule has 3 rings (SSSR count). The number of carbonyl (C=O) groups excluding carboxylic acids is 1. The lowest BCUT2D eigenvalue weighted by molar-refractivity contribution is 0.0984. The first kappa shape index (κ1) is 14.9. The molecule has 0 saturated carbocycles. The average molecular weight is 303 g/mol.